The standard InChI is InChI=1S/C15H15ClN2O3/c1-10(17-2)12-5-3-4-6-14(12)21-15-8-7-11(16)9-13(15)18(19)20/h3-10,17H,1-2H3. The predicted molar refractivity (Wildman–Crippen MR) is 82.1 cm³/mol. The molecule has 110 valence electrons. The van der Waals surface area contributed by atoms with Crippen molar-refractivity contribution in [2.75, 3.05) is 7.05 Å². The minimum Gasteiger partial charge on any atom is -0.450 e. The van der Waals surface area contributed by atoms with Gasteiger partial charge in [-0.05, 0) is 32.2 Å². The molecule has 1 atom stereocenters. The first kappa shape index (κ1) is 15.3. The number of nitrogens with zero attached hydrogens (tertiary/aromatic N) is 1. The van der Waals surface area contributed by atoms with Crippen molar-refractivity contribution in [2.24, 2.45) is 0 Å². The normalized spacial score (nSPS) is 12.0. The summed E-state index contributed by atoms with van der Waals surface area (Å²) in [4.78, 5) is 10.6. The Hall–Kier alpha value is -2.11. The van der Waals surface area contributed by atoms with Crippen LogP contribution in [0.1, 0.15) is 18.5 Å². The van der Waals surface area contributed by atoms with Crippen molar-refractivity contribution in [2.45, 2.75) is 13.0 Å². The molecule has 0 bridgehead atoms. The average Bonchev–Trinajstić information content (AvgIpc) is 2.48. The van der Waals surface area contributed by atoms with Gasteiger partial charge < -0.3 is 10.1 Å². The van der Waals surface area contributed by atoms with Crippen molar-refractivity contribution in [1.29, 1.82) is 0 Å². The molecule has 1 N–H and O–H groups in total. The number of hydrogen-bond acceptors (Lipinski definition) is 4. The van der Waals surface area contributed by atoms with E-state index < -0.39 is 4.92 Å². The Morgan fingerprint density at radius 2 is 1.95 bits per heavy atom. The van der Waals surface area contributed by atoms with E-state index in [4.69, 9.17) is 16.3 Å². The maximum absolute atomic E-state index is 11.1. The molecule has 0 aliphatic carbocycles. The van der Waals surface area contributed by atoms with E-state index in [1.54, 1.807) is 12.1 Å². The number of nitro groups is 1. The van der Waals surface area contributed by atoms with Crippen LogP contribution in [0.2, 0.25) is 5.02 Å². The molecule has 0 saturated carbocycles. The van der Waals surface area contributed by atoms with Crippen molar-refractivity contribution in [3.05, 3.63) is 63.2 Å². The molecule has 1 unspecified atom stereocenters. The molecule has 5 nitrogen and oxygen atoms in total. The van der Waals surface area contributed by atoms with Gasteiger partial charge in [0.25, 0.3) is 0 Å². The van der Waals surface area contributed by atoms with Crippen molar-refractivity contribution in [3.8, 4) is 11.5 Å². The Morgan fingerprint density at radius 3 is 2.62 bits per heavy atom. The van der Waals surface area contributed by atoms with E-state index in [1.807, 2.05) is 32.2 Å². The summed E-state index contributed by atoms with van der Waals surface area (Å²) in [5, 5.41) is 14.5. The fourth-order valence-electron chi connectivity index (χ4n) is 1.92. The van der Waals surface area contributed by atoms with E-state index in [0.717, 1.165) is 5.56 Å². The Balaban J connectivity index is 2.41. The van der Waals surface area contributed by atoms with Crippen LogP contribution in [-0.4, -0.2) is 12.0 Å². The van der Waals surface area contributed by atoms with Gasteiger partial charge in [0.05, 0.1) is 4.92 Å². The van der Waals surface area contributed by atoms with Crippen LogP contribution in [0.5, 0.6) is 11.5 Å². The van der Waals surface area contributed by atoms with Gasteiger partial charge in [-0.1, -0.05) is 29.8 Å². The van der Waals surface area contributed by atoms with Crippen LogP contribution in [0, 0.1) is 10.1 Å². The third-order valence-electron chi connectivity index (χ3n) is 3.16. The van der Waals surface area contributed by atoms with Gasteiger partial charge in [0.15, 0.2) is 0 Å². The SMILES string of the molecule is CNC(C)c1ccccc1Oc1ccc(Cl)cc1[N+](=O)[O-]. The van der Waals surface area contributed by atoms with Gasteiger partial charge in [-0.15, -0.1) is 0 Å². The van der Waals surface area contributed by atoms with Gasteiger partial charge in [0.1, 0.15) is 5.75 Å². The van der Waals surface area contributed by atoms with Crippen LogP contribution >= 0.6 is 11.6 Å². The fraction of sp³-hybridized carbons (Fsp3) is 0.200. The molecular weight excluding hydrogens is 292 g/mol. The molecule has 2 aromatic carbocycles. The number of ether oxygens (including phenoxy) is 1. The van der Waals surface area contributed by atoms with Crippen molar-refractivity contribution < 1.29 is 9.66 Å². The molecule has 0 aromatic heterocycles. The van der Waals surface area contributed by atoms with E-state index in [1.165, 1.54) is 12.1 Å². The summed E-state index contributed by atoms with van der Waals surface area (Å²) < 4.78 is 5.74. The zero-order valence-electron chi connectivity index (χ0n) is 11.7. The lowest BCUT2D eigenvalue weighted by Gasteiger charge is -2.16. The summed E-state index contributed by atoms with van der Waals surface area (Å²) >= 11 is 5.80. The number of hydrogen-bond donors (Lipinski definition) is 1. The van der Waals surface area contributed by atoms with Gasteiger partial charge in [-0.2, -0.15) is 0 Å². The minimum absolute atomic E-state index is 0.0626. The molecule has 0 fully saturated rings. The summed E-state index contributed by atoms with van der Waals surface area (Å²) in [5.74, 6) is 0.741. The van der Waals surface area contributed by atoms with E-state index >= 15 is 0 Å². The fourth-order valence-corrected chi connectivity index (χ4v) is 2.09. The van der Waals surface area contributed by atoms with Crippen LogP contribution < -0.4 is 10.1 Å². The van der Waals surface area contributed by atoms with Crippen LogP contribution in [0.25, 0.3) is 0 Å². The van der Waals surface area contributed by atoms with Gasteiger partial charge in [-0.3, -0.25) is 10.1 Å². The molecule has 0 amide bonds. The number of benzene rings is 2. The monoisotopic (exact) mass is 306 g/mol. The number of halogens is 1. The highest BCUT2D eigenvalue weighted by atomic mass is 35.5. The van der Waals surface area contributed by atoms with Gasteiger partial charge in [0, 0.05) is 22.7 Å². The first-order valence-electron chi connectivity index (χ1n) is 6.41. The average molecular weight is 307 g/mol. The topological polar surface area (TPSA) is 64.4 Å². The first-order chi connectivity index (χ1) is 10.0. The molecule has 2 aromatic rings. The Bertz CT molecular complexity index is 661. The molecule has 2 rings (SSSR count). The highest BCUT2D eigenvalue weighted by molar-refractivity contribution is 6.30. The number of nitro benzene ring substituents is 1. The minimum atomic E-state index is -0.509. The predicted octanol–water partition coefficient (Wildman–Crippen LogP) is 4.32. The van der Waals surface area contributed by atoms with Crippen LogP contribution in [0.4, 0.5) is 5.69 Å². The molecule has 0 aliphatic rings. The second-order valence-corrected chi connectivity index (χ2v) is 4.96. The molecule has 0 heterocycles. The highest BCUT2D eigenvalue weighted by Gasteiger charge is 2.18. The van der Waals surface area contributed by atoms with Gasteiger partial charge >= 0.3 is 5.69 Å². The molecule has 0 aliphatic heterocycles. The van der Waals surface area contributed by atoms with Crippen molar-refractivity contribution in [3.63, 3.8) is 0 Å². The van der Waals surface area contributed by atoms with Crippen LogP contribution in [-0.2, 0) is 0 Å². The lowest BCUT2D eigenvalue weighted by Crippen LogP contribution is -2.13. The summed E-state index contributed by atoms with van der Waals surface area (Å²) in [6, 6.07) is 11.8. The van der Waals surface area contributed by atoms with Crippen LogP contribution in [0.15, 0.2) is 42.5 Å². The molecule has 0 radical (unpaired) electrons. The maximum Gasteiger partial charge on any atom is 0.313 e. The third-order valence-corrected chi connectivity index (χ3v) is 3.39. The zero-order valence-corrected chi connectivity index (χ0v) is 12.4. The molecule has 6 heteroatoms. The first-order valence-corrected chi connectivity index (χ1v) is 6.78. The second-order valence-electron chi connectivity index (χ2n) is 4.52. The lowest BCUT2D eigenvalue weighted by atomic mass is 10.1. The zero-order chi connectivity index (χ0) is 15.4. The summed E-state index contributed by atoms with van der Waals surface area (Å²) in [5.41, 5.74) is 0.763. The van der Waals surface area contributed by atoms with Crippen molar-refractivity contribution in [1.82, 2.24) is 5.32 Å². The third kappa shape index (κ3) is 3.51. The largest absolute Gasteiger partial charge is 0.450 e. The smallest absolute Gasteiger partial charge is 0.313 e. The highest BCUT2D eigenvalue weighted by Crippen LogP contribution is 2.36. The molecule has 0 spiro atoms. The summed E-state index contributed by atoms with van der Waals surface area (Å²) in [6.07, 6.45) is 0. The molecule has 0 saturated heterocycles. The number of nitrogens with one attached hydrogen (secondary N) is 1. The lowest BCUT2D eigenvalue weighted by molar-refractivity contribution is -0.385. The van der Waals surface area contributed by atoms with E-state index in [2.05, 4.69) is 5.32 Å². The van der Waals surface area contributed by atoms with E-state index in [0.29, 0.717) is 10.8 Å². The summed E-state index contributed by atoms with van der Waals surface area (Å²) in [7, 11) is 1.84. The maximum atomic E-state index is 11.1. The quantitative estimate of drug-likeness (QED) is 0.660. The van der Waals surface area contributed by atoms with Gasteiger partial charge in [-0.25, -0.2) is 0 Å². The molecule has 21 heavy (non-hydrogen) atoms. The Kier molecular flexibility index (Phi) is 4.77. The van der Waals surface area contributed by atoms with E-state index in [9.17, 15) is 10.1 Å². The number of para-hydroxylation sites is 1. The van der Waals surface area contributed by atoms with Crippen molar-refractivity contribution >= 4 is 17.3 Å². The number of rotatable bonds is 5. The summed E-state index contributed by atoms with van der Waals surface area (Å²) in [6.45, 7) is 1.98. The van der Waals surface area contributed by atoms with Gasteiger partial charge in [0.2, 0.25) is 5.75 Å². The van der Waals surface area contributed by atoms with E-state index in [-0.39, 0.29) is 17.5 Å². The van der Waals surface area contributed by atoms with Crippen LogP contribution in [0.3, 0.4) is 0 Å². The second kappa shape index (κ2) is 6.56. The Labute approximate surface area is 127 Å². The Morgan fingerprint density at radius 1 is 1.24 bits per heavy atom. The molecular formula is C15H15ClN2O3.